The van der Waals surface area contributed by atoms with Gasteiger partial charge in [0.25, 0.3) is 0 Å². The number of carboxylic acids is 1. The molecule has 1 aliphatic rings. The average Bonchev–Trinajstić information content (AvgIpc) is 3.12. The summed E-state index contributed by atoms with van der Waals surface area (Å²) < 4.78 is 44.3. The number of rotatable bonds is 9. The standard InChI is InChI=1S/C25H27F3N2O5/c1-3-15(2)22(23(33)30(12-21(31)32)14-25(26,27)28)29-24(34)35-13-20-18-10-6-4-8-16(18)17-9-5-7-11-19(17)20/h4-11,15,20,22H,3,12-14H2,1-2H3,(H,29,34)(H,31,32). The number of nitrogens with zero attached hydrogens (tertiary/aromatic N) is 1. The molecule has 10 heteroatoms. The van der Waals surface area contributed by atoms with Gasteiger partial charge in [-0.2, -0.15) is 13.2 Å². The Balaban J connectivity index is 1.73. The lowest BCUT2D eigenvalue weighted by atomic mass is 9.97. The van der Waals surface area contributed by atoms with Crippen molar-refractivity contribution < 1.29 is 37.4 Å². The molecule has 2 aromatic rings. The predicted octanol–water partition coefficient (Wildman–Crippen LogP) is 4.42. The third-order valence-corrected chi connectivity index (χ3v) is 6.10. The van der Waals surface area contributed by atoms with Crippen molar-refractivity contribution in [1.82, 2.24) is 10.2 Å². The summed E-state index contributed by atoms with van der Waals surface area (Å²) in [4.78, 5) is 36.8. The van der Waals surface area contributed by atoms with Gasteiger partial charge in [-0.1, -0.05) is 68.8 Å². The maximum atomic E-state index is 13.0. The van der Waals surface area contributed by atoms with Crippen LogP contribution in [0.3, 0.4) is 0 Å². The average molecular weight is 492 g/mol. The lowest BCUT2D eigenvalue weighted by molar-refractivity contribution is -0.167. The largest absolute Gasteiger partial charge is 0.480 e. The van der Waals surface area contributed by atoms with Crippen molar-refractivity contribution in [1.29, 1.82) is 0 Å². The number of ether oxygens (including phenoxy) is 1. The molecule has 2 N–H and O–H groups in total. The lowest BCUT2D eigenvalue weighted by Gasteiger charge is -2.30. The minimum absolute atomic E-state index is 0.0390. The minimum Gasteiger partial charge on any atom is -0.480 e. The number of alkyl carbamates (subject to hydrolysis) is 1. The van der Waals surface area contributed by atoms with E-state index in [1.54, 1.807) is 13.8 Å². The van der Waals surface area contributed by atoms with Crippen LogP contribution in [0.1, 0.15) is 37.3 Å². The molecular formula is C25H27F3N2O5. The normalized spacial score (nSPS) is 14.4. The van der Waals surface area contributed by atoms with Crippen molar-refractivity contribution in [2.75, 3.05) is 19.7 Å². The number of fused-ring (bicyclic) bond motifs is 3. The van der Waals surface area contributed by atoms with E-state index in [-0.39, 0.29) is 17.4 Å². The first-order chi connectivity index (χ1) is 16.5. The number of amides is 2. The molecule has 2 unspecified atom stereocenters. The molecule has 0 aliphatic heterocycles. The summed E-state index contributed by atoms with van der Waals surface area (Å²) in [6, 6.07) is 14.0. The highest BCUT2D eigenvalue weighted by atomic mass is 19.4. The summed E-state index contributed by atoms with van der Waals surface area (Å²) in [5.74, 6) is -3.52. The molecule has 0 aromatic heterocycles. The van der Waals surface area contributed by atoms with Crippen LogP contribution in [0.4, 0.5) is 18.0 Å². The number of hydrogen-bond acceptors (Lipinski definition) is 4. The minimum atomic E-state index is -4.80. The summed E-state index contributed by atoms with van der Waals surface area (Å²) in [6.07, 6.45) is -5.41. The lowest BCUT2D eigenvalue weighted by Crippen LogP contribution is -2.54. The second-order valence-electron chi connectivity index (χ2n) is 8.54. The van der Waals surface area contributed by atoms with E-state index in [2.05, 4.69) is 5.32 Å². The third-order valence-electron chi connectivity index (χ3n) is 6.10. The molecule has 0 radical (unpaired) electrons. The molecule has 3 rings (SSSR count). The molecule has 0 spiro atoms. The topological polar surface area (TPSA) is 95.9 Å². The number of carbonyl (C=O) groups is 3. The molecule has 0 saturated heterocycles. The SMILES string of the molecule is CCC(C)C(NC(=O)OCC1c2ccccc2-c2ccccc21)C(=O)N(CC(=O)O)CC(F)(F)F. The number of hydrogen-bond donors (Lipinski definition) is 2. The number of alkyl halides is 3. The molecule has 0 fully saturated rings. The fourth-order valence-electron chi connectivity index (χ4n) is 4.24. The van der Waals surface area contributed by atoms with Crippen LogP contribution in [0.5, 0.6) is 0 Å². The summed E-state index contributed by atoms with van der Waals surface area (Å²) in [5, 5.41) is 11.3. The van der Waals surface area contributed by atoms with E-state index in [1.165, 1.54) is 0 Å². The second-order valence-corrected chi connectivity index (χ2v) is 8.54. The molecule has 35 heavy (non-hydrogen) atoms. The van der Waals surface area contributed by atoms with Crippen molar-refractivity contribution in [3.63, 3.8) is 0 Å². The number of carboxylic acid groups (broad SMARTS) is 1. The molecule has 0 bridgehead atoms. The smallest absolute Gasteiger partial charge is 0.407 e. The zero-order valence-electron chi connectivity index (χ0n) is 19.3. The van der Waals surface area contributed by atoms with Crippen molar-refractivity contribution in [3.05, 3.63) is 59.7 Å². The molecule has 0 heterocycles. The van der Waals surface area contributed by atoms with Gasteiger partial charge in [0.05, 0.1) is 0 Å². The quantitative estimate of drug-likeness (QED) is 0.541. The Hall–Kier alpha value is -3.56. The van der Waals surface area contributed by atoms with E-state index >= 15 is 0 Å². The Morgan fingerprint density at radius 1 is 1.06 bits per heavy atom. The third kappa shape index (κ3) is 6.32. The summed E-state index contributed by atoms with van der Waals surface area (Å²) >= 11 is 0. The van der Waals surface area contributed by atoms with Crippen LogP contribution in [0.15, 0.2) is 48.5 Å². The molecule has 2 aromatic carbocycles. The highest BCUT2D eigenvalue weighted by Gasteiger charge is 2.38. The fourth-order valence-corrected chi connectivity index (χ4v) is 4.24. The molecule has 2 atom stereocenters. The van der Waals surface area contributed by atoms with Crippen LogP contribution >= 0.6 is 0 Å². The van der Waals surface area contributed by atoms with Gasteiger partial charge in [-0.05, 0) is 28.2 Å². The molecular weight excluding hydrogens is 465 g/mol. The van der Waals surface area contributed by atoms with Gasteiger partial charge in [-0.25, -0.2) is 4.79 Å². The van der Waals surface area contributed by atoms with E-state index in [0.29, 0.717) is 6.42 Å². The Kier molecular flexibility index (Phi) is 8.03. The highest BCUT2D eigenvalue weighted by Crippen LogP contribution is 2.44. The maximum absolute atomic E-state index is 13.0. The first kappa shape index (κ1) is 26.1. The Morgan fingerprint density at radius 2 is 1.60 bits per heavy atom. The number of nitrogens with one attached hydrogen (secondary N) is 1. The predicted molar refractivity (Wildman–Crippen MR) is 122 cm³/mol. The Morgan fingerprint density at radius 3 is 2.09 bits per heavy atom. The van der Waals surface area contributed by atoms with E-state index < -0.39 is 49.2 Å². The van der Waals surface area contributed by atoms with E-state index in [4.69, 9.17) is 9.84 Å². The van der Waals surface area contributed by atoms with Crippen LogP contribution in [0.2, 0.25) is 0 Å². The van der Waals surface area contributed by atoms with Crippen LogP contribution in [-0.4, -0.2) is 59.9 Å². The van der Waals surface area contributed by atoms with Gasteiger partial charge in [0.1, 0.15) is 25.7 Å². The van der Waals surface area contributed by atoms with Crippen LogP contribution < -0.4 is 5.32 Å². The summed E-state index contributed by atoms with van der Waals surface area (Å²) in [6.45, 7) is 0.367. The maximum Gasteiger partial charge on any atom is 0.407 e. The number of benzene rings is 2. The summed E-state index contributed by atoms with van der Waals surface area (Å²) in [7, 11) is 0. The van der Waals surface area contributed by atoms with Crippen LogP contribution in [0.25, 0.3) is 11.1 Å². The number of aliphatic carboxylic acids is 1. The zero-order valence-corrected chi connectivity index (χ0v) is 19.3. The van der Waals surface area contributed by atoms with Gasteiger partial charge in [0.15, 0.2) is 0 Å². The Labute approximate surface area is 200 Å². The summed E-state index contributed by atoms with van der Waals surface area (Å²) in [5.41, 5.74) is 4.02. The van der Waals surface area contributed by atoms with E-state index in [9.17, 15) is 27.6 Å². The van der Waals surface area contributed by atoms with Crippen molar-refractivity contribution >= 4 is 18.0 Å². The first-order valence-corrected chi connectivity index (χ1v) is 11.2. The second kappa shape index (κ2) is 10.8. The van der Waals surface area contributed by atoms with Crippen molar-refractivity contribution in [3.8, 4) is 11.1 Å². The van der Waals surface area contributed by atoms with Crippen molar-refractivity contribution in [2.24, 2.45) is 5.92 Å². The first-order valence-electron chi connectivity index (χ1n) is 11.2. The van der Waals surface area contributed by atoms with E-state index in [1.807, 2.05) is 48.5 Å². The molecule has 0 saturated carbocycles. The molecule has 1 aliphatic carbocycles. The molecule has 2 amide bonds. The Bertz CT molecular complexity index is 1040. The number of halogens is 3. The van der Waals surface area contributed by atoms with Gasteiger partial charge >= 0.3 is 18.2 Å². The van der Waals surface area contributed by atoms with Gasteiger partial charge in [-0.15, -0.1) is 0 Å². The number of carbonyl (C=O) groups excluding carboxylic acids is 2. The monoisotopic (exact) mass is 492 g/mol. The highest BCUT2D eigenvalue weighted by molar-refractivity contribution is 5.88. The van der Waals surface area contributed by atoms with Crippen LogP contribution in [-0.2, 0) is 14.3 Å². The van der Waals surface area contributed by atoms with Crippen molar-refractivity contribution in [2.45, 2.75) is 38.4 Å². The van der Waals surface area contributed by atoms with Gasteiger partial charge in [-0.3, -0.25) is 9.59 Å². The van der Waals surface area contributed by atoms with E-state index in [0.717, 1.165) is 22.3 Å². The van der Waals surface area contributed by atoms with Gasteiger partial charge < -0.3 is 20.1 Å². The zero-order chi connectivity index (χ0) is 25.8. The molecule has 188 valence electrons. The molecule has 7 nitrogen and oxygen atoms in total. The van der Waals surface area contributed by atoms with Gasteiger partial charge in [0, 0.05) is 5.92 Å². The fraction of sp³-hybridized carbons (Fsp3) is 0.400. The van der Waals surface area contributed by atoms with Crippen LogP contribution in [0, 0.1) is 5.92 Å². The van der Waals surface area contributed by atoms with Gasteiger partial charge in [0.2, 0.25) is 5.91 Å².